The SMILES string of the molecule is Cc1cc(C(F)(F)F)nn1CC(=O)Nc1nc2ccccc2n1C. The van der Waals surface area contributed by atoms with Gasteiger partial charge in [0.15, 0.2) is 5.69 Å². The Morgan fingerprint density at radius 2 is 2.00 bits per heavy atom. The van der Waals surface area contributed by atoms with Crippen LogP contribution in [0.25, 0.3) is 11.0 Å². The molecule has 0 aliphatic heterocycles. The van der Waals surface area contributed by atoms with Crippen LogP contribution >= 0.6 is 0 Å². The fraction of sp³-hybridized carbons (Fsp3) is 0.267. The van der Waals surface area contributed by atoms with Crippen molar-refractivity contribution in [3.8, 4) is 0 Å². The van der Waals surface area contributed by atoms with Crippen LogP contribution in [0.2, 0.25) is 0 Å². The van der Waals surface area contributed by atoms with Crippen LogP contribution in [-0.4, -0.2) is 25.2 Å². The highest BCUT2D eigenvalue weighted by Crippen LogP contribution is 2.28. The highest BCUT2D eigenvalue weighted by Gasteiger charge is 2.34. The van der Waals surface area contributed by atoms with E-state index in [1.54, 1.807) is 17.7 Å². The van der Waals surface area contributed by atoms with Gasteiger partial charge < -0.3 is 4.57 Å². The minimum Gasteiger partial charge on any atom is -0.313 e. The van der Waals surface area contributed by atoms with E-state index in [4.69, 9.17) is 0 Å². The van der Waals surface area contributed by atoms with Crippen LogP contribution < -0.4 is 5.32 Å². The Bertz CT molecular complexity index is 910. The summed E-state index contributed by atoms with van der Waals surface area (Å²) in [6, 6.07) is 8.24. The molecule has 9 heteroatoms. The van der Waals surface area contributed by atoms with Crippen LogP contribution in [0.3, 0.4) is 0 Å². The summed E-state index contributed by atoms with van der Waals surface area (Å²) in [5.41, 5.74) is 0.783. The Balaban J connectivity index is 1.78. The van der Waals surface area contributed by atoms with E-state index in [0.29, 0.717) is 11.5 Å². The second kappa shape index (κ2) is 5.66. The summed E-state index contributed by atoms with van der Waals surface area (Å²) in [5.74, 6) is -0.185. The number of anilines is 1. The average Bonchev–Trinajstić information content (AvgIpc) is 3.01. The summed E-state index contributed by atoms with van der Waals surface area (Å²) in [7, 11) is 1.74. The molecule has 6 nitrogen and oxygen atoms in total. The van der Waals surface area contributed by atoms with Crippen molar-refractivity contribution in [1.82, 2.24) is 19.3 Å². The molecule has 0 spiro atoms. The van der Waals surface area contributed by atoms with Gasteiger partial charge >= 0.3 is 6.18 Å². The molecule has 0 aliphatic rings. The normalized spacial score (nSPS) is 11.9. The van der Waals surface area contributed by atoms with E-state index in [-0.39, 0.29) is 12.2 Å². The maximum Gasteiger partial charge on any atom is 0.435 e. The largest absolute Gasteiger partial charge is 0.435 e. The molecule has 1 aromatic carbocycles. The quantitative estimate of drug-likeness (QED) is 0.799. The molecule has 2 aromatic heterocycles. The van der Waals surface area contributed by atoms with Gasteiger partial charge in [0.1, 0.15) is 6.54 Å². The average molecular weight is 337 g/mol. The molecule has 0 aliphatic carbocycles. The van der Waals surface area contributed by atoms with Crippen LogP contribution in [0.4, 0.5) is 19.1 Å². The topological polar surface area (TPSA) is 64.7 Å². The number of carbonyl (C=O) groups excluding carboxylic acids is 1. The molecule has 0 radical (unpaired) electrons. The lowest BCUT2D eigenvalue weighted by atomic mass is 10.3. The number of hydrogen-bond acceptors (Lipinski definition) is 3. The molecule has 3 rings (SSSR count). The van der Waals surface area contributed by atoms with Gasteiger partial charge in [0.25, 0.3) is 0 Å². The summed E-state index contributed by atoms with van der Waals surface area (Å²) < 4.78 is 40.7. The molecule has 24 heavy (non-hydrogen) atoms. The number of nitrogens with one attached hydrogen (secondary N) is 1. The molecule has 0 fully saturated rings. The Morgan fingerprint density at radius 1 is 1.29 bits per heavy atom. The van der Waals surface area contributed by atoms with E-state index in [9.17, 15) is 18.0 Å². The molecule has 126 valence electrons. The van der Waals surface area contributed by atoms with Gasteiger partial charge in [0.2, 0.25) is 11.9 Å². The van der Waals surface area contributed by atoms with Crippen LogP contribution in [-0.2, 0) is 24.6 Å². The van der Waals surface area contributed by atoms with Crippen LogP contribution in [0.15, 0.2) is 30.3 Å². The molecule has 2 heterocycles. The Kier molecular flexibility index (Phi) is 3.78. The number of imidazole rings is 1. The number of carbonyl (C=O) groups is 1. The van der Waals surface area contributed by atoms with Gasteiger partial charge in [-0.1, -0.05) is 12.1 Å². The number of hydrogen-bond donors (Lipinski definition) is 1. The van der Waals surface area contributed by atoms with Crippen molar-refractivity contribution in [3.63, 3.8) is 0 Å². The number of amides is 1. The number of fused-ring (bicyclic) bond motifs is 1. The molecule has 0 unspecified atom stereocenters. The van der Waals surface area contributed by atoms with Gasteiger partial charge in [-0.3, -0.25) is 14.8 Å². The van der Waals surface area contributed by atoms with Gasteiger partial charge in [0.05, 0.1) is 11.0 Å². The molecule has 1 N–H and O–H groups in total. The first kappa shape index (κ1) is 16.0. The Hall–Kier alpha value is -2.84. The molecule has 3 aromatic rings. The maximum absolute atomic E-state index is 12.6. The second-order valence-corrected chi connectivity index (χ2v) is 5.36. The van der Waals surface area contributed by atoms with E-state index in [0.717, 1.165) is 16.3 Å². The summed E-state index contributed by atoms with van der Waals surface area (Å²) >= 11 is 0. The smallest absolute Gasteiger partial charge is 0.313 e. The molecule has 0 atom stereocenters. The number of alkyl halides is 3. The lowest BCUT2D eigenvalue weighted by Gasteiger charge is -2.07. The van der Waals surface area contributed by atoms with E-state index in [1.165, 1.54) is 6.92 Å². The number of para-hydroxylation sites is 2. The first-order chi connectivity index (χ1) is 11.3. The molecular formula is C15H14F3N5O. The third-order valence-electron chi connectivity index (χ3n) is 3.60. The van der Waals surface area contributed by atoms with Gasteiger partial charge in [-0.2, -0.15) is 18.3 Å². The molecular weight excluding hydrogens is 323 g/mol. The number of aryl methyl sites for hydroxylation is 2. The van der Waals surface area contributed by atoms with E-state index in [1.807, 2.05) is 18.2 Å². The first-order valence-corrected chi connectivity index (χ1v) is 7.08. The number of aromatic nitrogens is 4. The van der Waals surface area contributed by atoms with Crippen molar-refractivity contribution in [2.45, 2.75) is 19.6 Å². The monoisotopic (exact) mass is 337 g/mol. The lowest BCUT2D eigenvalue weighted by molar-refractivity contribution is -0.141. The number of nitrogens with zero attached hydrogens (tertiary/aromatic N) is 4. The third-order valence-corrected chi connectivity index (χ3v) is 3.60. The number of benzene rings is 1. The number of halogens is 3. The van der Waals surface area contributed by atoms with Crippen molar-refractivity contribution in [2.75, 3.05) is 5.32 Å². The zero-order valence-corrected chi connectivity index (χ0v) is 12.9. The standard InChI is InChI=1S/C15H14F3N5O/c1-9-7-12(15(16,17)18)21-23(9)8-13(24)20-14-19-10-5-3-4-6-11(10)22(14)2/h3-7H,8H2,1-2H3,(H,19,20,24). The van der Waals surface area contributed by atoms with Gasteiger partial charge in [-0.15, -0.1) is 0 Å². The third kappa shape index (κ3) is 2.97. The molecule has 0 bridgehead atoms. The van der Waals surface area contributed by atoms with Crippen molar-refractivity contribution in [3.05, 3.63) is 41.7 Å². The highest BCUT2D eigenvalue weighted by atomic mass is 19.4. The molecule has 0 saturated heterocycles. The van der Waals surface area contributed by atoms with E-state index < -0.39 is 17.8 Å². The van der Waals surface area contributed by atoms with Crippen molar-refractivity contribution >= 4 is 22.9 Å². The van der Waals surface area contributed by atoms with Crippen molar-refractivity contribution < 1.29 is 18.0 Å². The zero-order chi connectivity index (χ0) is 17.5. The summed E-state index contributed by atoms with van der Waals surface area (Å²) in [4.78, 5) is 16.4. The van der Waals surface area contributed by atoms with Crippen LogP contribution in [0.1, 0.15) is 11.4 Å². The first-order valence-electron chi connectivity index (χ1n) is 7.08. The maximum atomic E-state index is 12.6. The van der Waals surface area contributed by atoms with E-state index in [2.05, 4.69) is 15.4 Å². The van der Waals surface area contributed by atoms with Crippen molar-refractivity contribution in [2.24, 2.45) is 7.05 Å². The summed E-state index contributed by atoms with van der Waals surface area (Å²) in [5, 5.41) is 6.03. The Morgan fingerprint density at radius 3 is 2.62 bits per heavy atom. The van der Waals surface area contributed by atoms with Gasteiger partial charge in [-0.25, -0.2) is 4.98 Å². The van der Waals surface area contributed by atoms with Gasteiger partial charge in [-0.05, 0) is 25.1 Å². The van der Waals surface area contributed by atoms with Crippen LogP contribution in [0, 0.1) is 6.92 Å². The zero-order valence-electron chi connectivity index (χ0n) is 12.9. The fourth-order valence-corrected chi connectivity index (χ4v) is 2.37. The molecule has 1 amide bonds. The predicted molar refractivity (Wildman–Crippen MR) is 81.3 cm³/mol. The minimum atomic E-state index is -4.54. The predicted octanol–water partition coefficient (Wildman–Crippen LogP) is 2.74. The van der Waals surface area contributed by atoms with Crippen LogP contribution in [0.5, 0.6) is 0 Å². The number of rotatable bonds is 3. The minimum absolute atomic E-state index is 0.252. The van der Waals surface area contributed by atoms with Crippen molar-refractivity contribution in [1.29, 1.82) is 0 Å². The summed E-state index contributed by atoms with van der Waals surface area (Å²) in [6.45, 7) is 1.13. The fourth-order valence-electron chi connectivity index (χ4n) is 2.37. The molecule has 0 saturated carbocycles. The van der Waals surface area contributed by atoms with E-state index >= 15 is 0 Å². The second-order valence-electron chi connectivity index (χ2n) is 5.36. The lowest BCUT2D eigenvalue weighted by Crippen LogP contribution is -2.22. The summed E-state index contributed by atoms with van der Waals surface area (Å²) in [6.07, 6.45) is -4.54. The highest BCUT2D eigenvalue weighted by molar-refractivity contribution is 5.91. The Labute approximate surface area is 134 Å². The van der Waals surface area contributed by atoms with Gasteiger partial charge in [0, 0.05) is 12.7 Å².